The molecule has 3 heterocycles. The SMILES string of the molecule is CC1(C)CN(C(=O)CC#N)CC=C1c1cc(N(C=O)C2CC2)nc2[nH]ccc12. The number of fused-ring (bicyclic) bond motifs is 1. The zero-order valence-corrected chi connectivity index (χ0v) is 16.1. The maximum atomic E-state index is 12.2. The number of nitrogens with zero attached hydrogens (tertiary/aromatic N) is 4. The largest absolute Gasteiger partial charge is 0.346 e. The number of nitrogens with one attached hydrogen (secondary N) is 1. The van der Waals surface area contributed by atoms with E-state index < -0.39 is 0 Å². The number of aromatic nitrogens is 2. The molecule has 0 unspecified atom stereocenters. The van der Waals surface area contributed by atoms with Gasteiger partial charge in [-0.15, -0.1) is 0 Å². The third kappa shape index (κ3) is 3.15. The molecule has 7 heteroatoms. The number of hydrogen-bond donors (Lipinski definition) is 1. The minimum absolute atomic E-state index is 0.101. The van der Waals surface area contributed by atoms with Crippen LogP contribution in [0, 0.1) is 16.7 Å². The van der Waals surface area contributed by atoms with E-state index in [1.807, 2.05) is 24.4 Å². The maximum Gasteiger partial charge on any atom is 0.237 e. The van der Waals surface area contributed by atoms with E-state index in [0.29, 0.717) is 18.9 Å². The van der Waals surface area contributed by atoms with Crippen molar-refractivity contribution in [3.63, 3.8) is 0 Å². The minimum Gasteiger partial charge on any atom is -0.346 e. The van der Waals surface area contributed by atoms with Crippen LogP contribution in [-0.2, 0) is 9.59 Å². The summed E-state index contributed by atoms with van der Waals surface area (Å²) in [6, 6.07) is 6.15. The molecular formula is C21H23N5O2. The Bertz CT molecular complexity index is 1010. The van der Waals surface area contributed by atoms with Gasteiger partial charge in [-0.05, 0) is 36.1 Å². The molecule has 2 amide bonds. The van der Waals surface area contributed by atoms with Gasteiger partial charge in [-0.1, -0.05) is 19.9 Å². The molecule has 2 aromatic rings. The Hall–Kier alpha value is -3.14. The fourth-order valence-electron chi connectivity index (χ4n) is 4.01. The van der Waals surface area contributed by atoms with Gasteiger partial charge in [-0.25, -0.2) is 4.98 Å². The minimum atomic E-state index is -0.294. The first-order valence-corrected chi connectivity index (χ1v) is 9.52. The molecule has 1 aliphatic carbocycles. The van der Waals surface area contributed by atoms with Crippen molar-refractivity contribution >= 4 is 34.7 Å². The van der Waals surface area contributed by atoms with Crippen molar-refractivity contribution in [3.8, 4) is 6.07 Å². The Balaban J connectivity index is 1.77. The quantitative estimate of drug-likeness (QED) is 0.811. The summed E-state index contributed by atoms with van der Waals surface area (Å²) >= 11 is 0. The highest BCUT2D eigenvalue weighted by Crippen LogP contribution is 2.42. The zero-order chi connectivity index (χ0) is 19.9. The molecule has 144 valence electrons. The number of anilines is 1. The van der Waals surface area contributed by atoms with Gasteiger partial charge in [0, 0.05) is 36.1 Å². The van der Waals surface area contributed by atoms with Gasteiger partial charge in [0.1, 0.15) is 17.9 Å². The Kier molecular flexibility index (Phi) is 4.42. The second-order valence-electron chi connectivity index (χ2n) is 8.12. The average molecular weight is 377 g/mol. The molecule has 2 aromatic heterocycles. The number of pyridine rings is 1. The lowest BCUT2D eigenvalue weighted by Crippen LogP contribution is -2.42. The lowest BCUT2D eigenvalue weighted by atomic mass is 9.77. The van der Waals surface area contributed by atoms with Crippen LogP contribution in [0.4, 0.5) is 5.82 Å². The highest BCUT2D eigenvalue weighted by Gasteiger charge is 2.35. The van der Waals surface area contributed by atoms with Crippen molar-refractivity contribution in [3.05, 3.63) is 30.0 Å². The van der Waals surface area contributed by atoms with Crippen LogP contribution >= 0.6 is 0 Å². The number of hydrogen-bond acceptors (Lipinski definition) is 4. The number of carbonyl (C=O) groups excluding carboxylic acids is 2. The van der Waals surface area contributed by atoms with Crippen LogP contribution in [0.15, 0.2) is 24.4 Å². The van der Waals surface area contributed by atoms with Crippen molar-refractivity contribution in [1.29, 1.82) is 5.26 Å². The molecule has 0 saturated heterocycles. The summed E-state index contributed by atoms with van der Waals surface area (Å²) in [4.78, 5) is 35.1. The van der Waals surface area contributed by atoms with Gasteiger partial charge in [-0.2, -0.15) is 5.26 Å². The van der Waals surface area contributed by atoms with E-state index in [4.69, 9.17) is 5.26 Å². The fourth-order valence-corrected chi connectivity index (χ4v) is 4.01. The summed E-state index contributed by atoms with van der Waals surface area (Å²) in [5.41, 5.74) is 2.62. The normalized spacial score (nSPS) is 18.5. The predicted octanol–water partition coefficient (Wildman–Crippen LogP) is 2.85. The summed E-state index contributed by atoms with van der Waals surface area (Å²) < 4.78 is 0. The molecule has 7 nitrogen and oxygen atoms in total. The summed E-state index contributed by atoms with van der Waals surface area (Å²) in [7, 11) is 0. The van der Waals surface area contributed by atoms with Crippen LogP contribution in [0.3, 0.4) is 0 Å². The molecule has 2 aliphatic rings. The van der Waals surface area contributed by atoms with Crippen molar-refractivity contribution in [2.75, 3.05) is 18.0 Å². The predicted molar refractivity (Wildman–Crippen MR) is 106 cm³/mol. The van der Waals surface area contributed by atoms with Crippen LogP contribution in [0.5, 0.6) is 0 Å². The smallest absolute Gasteiger partial charge is 0.237 e. The van der Waals surface area contributed by atoms with E-state index in [9.17, 15) is 9.59 Å². The van der Waals surface area contributed by atoms with Gasteiger partial charge in [0.05, 0.1) is 6.07 Å². The van der Waals surface area contributed by atoms with Crippen molar-refractivity contribution < 1.29 is 9.59 Å². The molecule has 1 aliphatic heterocycles. The third-order valence-electron chi connectivity index (χ3n) is 5.54. The molecule has 1 N–H and O–H groups in total. The molecule has 0 bridgehead atoms. The zero-order valence-electron chi connectivity index (χ0n) is 16.1. The van der Waals surface area contributed by atoms with E-state index in [2.05, 4.69) is 29.9 Å². The van der Waals surface area contributed by atoms with Crippen LogP contribution in [0.2, 0.25) is 0 Å². The van der Waals surface area contributed by atoms with Gasteiger partial charge in [0.25, 0.3) is 0 Å². The Morgan fingerprint density at radius 1 is 1.50 bits per heavy atom. The van der Waals surface area contributed by atoms with Gasteiger partial charge < -0.3 is 9.88 Å². The standard InChI is InChI=1S/C21H23N5O2/c1-21(2)12-25(19(28)5-8-22)10-7-17(21)16-11-18(26(13-27)14-3-4-14)24-20-15(16)6-9-23-20/h6-7,9,11,13-14H,3-5,10,12H2,1-2H3,(H,23,24). The van der Waals surface area contributed by atoms with Gasteiger partial charge in [-0.3, -0.25) is 14.5 Å². The van der Waals surface area contributed by atoms with Crippen LogP contribution in [0.1, 0.15) is 38.7 Å². The summed E-state index contributed by atoms with van der Waals surface area (Å²) in [5, 5.41) is 9.82. The molecule has 4 rings (SSSR count). The Morgan fingerprint density at radius 3 is 2.93 bits per heavy atom. The van der Waals surface area contributed by atoms with Crippen molar-refractivity contribution in [1.82, 2.24) is 14.9 Å². The summed E-state index contributed by atoms with van der Waals surface area (Å²) in [5.74, 6) is 0.510. The number of aromatic amines is 1. The van der Waals surface area contributed by atoms with Crippen LogP contribution < -0.4 is 4.90 Å². The molecule has 1 saturated carbocycles. The monoisotopic (exact) mass is 377 g/mol. The fraction of sp³-hybridized carbons (Fsp3) is 0.429. The first-order valence-electron chi connectivity index (χ1n) is 9.52. The topological polar surface area (TPSA) is 93.1 Å². The second-order valence-corrected chi connectivity index (χ2v) is 8.12. The number of rotatable bonds is 5. The summed E-state index contributed by atoms with van der Waals surface area (Å²) in [6.45, 7) is 5.22. The molecule has 0 radical (unpaired) electrons. The second kappa shape index (κ2) is 6.79. The Labute approximate surface area is 163 Å². The average Bonchev–Trinajstić information content (AvgIpc) is 3.37. The van der Waals surface area contributed by atoms with Crippen molar-refractivity contribution in [2.24, 2.45) is 5.41 Å². The molecule has 0 atom stereocenters. The van der Waals surface area contributed by atoms with Gasteiger partial charge >= 0.3 is 0 Å². The van der Waals surface area contributed by atoms with E-state index in [1.165, 1.54) is 0 Å². The number of H-pyrrole nitrogens is 1. The van der Waals surface area contributed by atoms with E-state index in [0.717, 1.165) is 41.4 Å². The molecule has 0 spiro atoms. The number of nitriles is 1. The van der Waals surface area contributed by atoms with Crippen molar-refractivity contribution in [2.45, 2.75) is 39.2 Å². The highest BCUT2D eigenvalue weighted by molar-refractivity contribution is 5.95. The number of carbonyl (C=O) groups is 2. The molecule has 0 aromatic carbocycles. The van der Waals surface area contributed by atoms with E-state index >= 15 is 0 Å². The first-order chi connectivity index (χ1) is 13.4. The molecule has 1 fully saturated rings. The number of amides is 2. The highest BCUT2D eigenvalue weighted by atomic mass is 16.2. The van der Waals surface area contributed by atoms with Crippen LogP contribution in [-0.4, -0.2) is 46.3 Å². The summed E-state index contributed by atoms with van der Waals surface area (Å²) in [6.07, 6.45) is 6.68. The maximum absolute atomic E-state index is 12.2. The van der Waals surface area contributed by atoms with E-state index in [-0.39, 0.29) is 23.8 Å². The van der Waals surface area contributed by atoms with E-state index in [1.54, 1.807) is 9.80 Å². The van der Waals surface area contributed by atoms with Gasteiger partial charge in [0.2, 0.25) is 12.3 Å². The first kappa shape index (κ1) is 18.2. The Morgan fingerprint density at radius 2 is 2.29 bits per heavy atom. The molecule has 28 heavy (non-hydrogen) atoms. The van der Waals surface area contributed by atoms with Gasteiger partial charge in [0.15, 0.2) is 0 Å². The third-order valence-corrected chi connectivity index (χ3v) is 5.54. The lowest BCUT2D eigenvalue weighted by molar-refractivity contribution is -0.130. The van der Waals surface area contributed by atoms with Crippen LogP contribution in [0.25, 0.3) is 16.6 Å². The lowest BCUT2D eigenvalue weighted by Gasteiger charge is -2.39. The molecular weight excluding hydrogens is 354 g/mol.